The number of carboxylic acid groups (broad SMARTS) is 1. The fraction of sp³-hybridized carbons (Fsp3) is 0.812. The quantitative estimate of drug-likeness (QED) is 0.528. The van der Waals surface area contributed by atoms with Crippen molar-refractivity contribution in [2.75, 3.05) is 0 Å². The second-order valence-electron chi connectivity index (χ2n) is 7.36. The average molecular weight is 372 g/mol. The van der Waals surface area contributed by atoms with E-state index in [0.717, 1.165) is 18.1 Å². The fourth-order valence-corrected chi connectivity index (χ4v) is 8.47. The first kappa shape index (κ1) is 19.3. The number of hydrogen-bond acceptors (Lipinski definition) is 5. The van der Waals surface area contributed by atoms with E-state index in [1.165, 1.54) is 16.7 Å². The predicted octanol–water partition coefficient (Wildman–Crippen LogP) is 0.792. The van der Waals surface area contributed by atoms with Gasteiger partial charge >= 0.3 is 0 Å². The van der Waals surface area contributed by atoms with Gasteiger partial charge in [0.1, 0.15) is 11.4 Å². The summed E-state index contributed by atoms with van der Waals surface area (Å²) in [6, 6.07) is 2.14. The molecule has 0 aromatic rings. The van der Waals surface area contributed by atoms with Crippen molar-refractivity contribution in [2.24, 2.45) is 0 Å². The van der Waals surface area contributed by atoms with Gasteiger partial charge in [0, 0.05) is 10.8 Å². The van der Waals surface area contributed by atoms with Gasteiger partial charge in [-0.05, 0) is 13.8 Å². The highest BCUT2D eigenvalue weighted by Gasteiger charge is 2.62. The first-order chi connectivity index (χ1) is 11.1. The third kappa shape index (κ3) is 3.10. The topological polar surface area (TPSA) is 89.5 Å². The molecule has 0 aliphatic carbocycles. The molecule has 2 saturated heterocycles. The molecular formula is C16H27N2O4SSi-. The van der Waals surface area contributed by atoms with Crippen LogP contribution in [0.25, 0.3) is 0 Å². The van der Waals surface area contributed by atoms with Crippen LogP contribution in [-0.4, -0.2) is 53.0 Å². The first-order valence-corrected chi connectivity index (χ1v) is 12.3. The Kier molecular flexibility index (Phi) is 5.39. The van der Waals surface area contributed by atoms with Crippen LogP contribution >= 0.6 is 11.8 Å². The van der Waals surface area contributed by atoms with Gasteiger partial charge in [-0.15, -0.1) is 11.8 Å². The molecule has 24 heavy (non-hydrogen) atoms. The van der Waals surface area contributed by atoms with Gasteiger partial charge in [0.05, 0.1) is 20.1 Å². The van der Waals surface area contributed by atoms with E-state index in [2.05, 4.69) is 26.1 Å². The highest BCUT2D eigenvalue weighted by molar-refractivity contribution is 8.01. The zero-order valence-electron chi connectivity index (χ0n) is 15.0. The number of nitrogens with zero attached hydrogens (tertiary/aromatic N) is 1. The van der Waals surface area contributed by atoms with E-state index in [4.69, 9.17) is 0 Å². The summed E-state index contributed by atoms with van der Waals surface area (Å²) < 4.78 is -0.618. The van der Waals surface area contributed by atoms with Gasteiger partial charge < -0.3 is 20.1 Å². The molecule has 2 fully saturated rings. The molecule has 0 radical (unpaired) electrons. The van der Waals surface area contributed by atoms with Crippen molar-refractivity contribution in [2.45, 2.75) is 81.0 Å². The number of aliphatic carboxylic acids is 1. The minimum atomic E-state index is -1.60. The summed E-state index contributed by atoms with van der Waals surface area (Å²) in [5, 5.41) is 13.9. The number of thioether (sulfide) groups is 1. The van der Waals surface area contributed by atoms with Crippen LogP contribution in [0.5, 0.6) is 0 Å². The molecule has 2 aliphatic heterocycles. The van der Waals surface area contributed by atoms with Crippen molar-refractivity contribution in [3.8, 4) is 0 Å². The third-order valence-corrected chi connectivity index (χ3v) is 12.9. The van der Waals surface area contributed by atoms with Crippen molar-refractivity contribution < 1.29 is 19.5 Å². The minimum Gasteiger partial charge on any atom is -0.548 e. The molecule has 0 aromatic heterocycles. The summed E-state index contributed by atoms with van der Waals surface area (Å²) >= 11 is 1.42. The smallest absolute Gasteiger partial charge is 0.249 e. The Morgan fingerprint density at radius 1 is 1.25 bits per heavy atom. The zero-order chi connectivity index (χ0) is 18.3. The molecule has 6 nitrogen and oxygen atoms in total. The molecule has 8 heteroatoms. The number of fused-ring (bicyclic) bond motifs is 1. The van der Waals surface area contributed by atoms with E-state index in [1.807, 2.05) is 0 Å². The molecule has 0 aromatic carbocycles. The number of carbonyl (C=O) groups is 3. The Balaban J connectivity index is 2.05. The van der Waals surface area contributed by atoms with Crippen LogP contribution in [-0.2, 0) is 14.4 Å². The van der Waals surface area contributed by atoms with Gasteiger partial charge in [-0.1, -0.05) is 38.9 Å². The summed E-state index contributed by atoms with van der Waals surface area (Å²) in [5.41, 5.74) is 0. The van der Waals surface area contributed by atoms with Crippen molar-refractivity contribution >= 4 is 37.6 Å². The van der Waals surface area contributed by atoms with Gasteiger partial charge in [-0.2, -0.15) is 0 Å². The number of amides is 2. The van der Waals surface area contributed by atoms with E-state index in [-0.39, 0.29) is 17.2 Å². The van der Waals surface area contributed by atoms with Crippen LogP contribution in [0.3, 0.4) is 0 Å². The lowest BCUT2D eigenvalue weighted by molar-refractivity contribution is -0.312. The Bertz CT molecular complexity index is 542. The second-order valence-corrected chi connectivity index (χ2v) is 14.6. The van der Waals surface area contributed by atoms with Crippen LogP contribution in [0.2, 0.25) is 24.2 Å². The van der Waals surface area contributed by atoms with E-state index in [0.29, 0.717) is 6.04 Å². The lowest BCUT2D eigenvalue weighted by atomic mass is 9.96. The molecule has 1 N–H and O–H groups in total. The summed E-state index contributed by atoms with van der Waals surface area (Å²) in [6.07, 6.45) is 0. The van der Waals surface area contributed by atoms with Crippen LogP contribution in [0, 0.1) is 0 Å². The Morgan fingerprint density at radius 2 is 1.79 bits per heavy atom. The molecule has 2 amide bonds. The number of carbonyl (C=O) groups excluding carboxylic acids is 3. The van der Waals surface area contributed by atoms with Crippen LogP contribution < -0.4 is 10.4 Å². The molecule has 2 heterocycles. The van der Waals surface area contributed by atoms with Crippen molar-refractivity contribution in [1.82, 2.24) is 10.2 Å². The van der Waals surface area contributed by atoms with Gasteiger partial charge in [-0.3, -0.25) is 9.59 Å². The zero-order valence-corrected chi connectivity index (χ0v) is 16.9. The summed E-state index contributed by atoms with van der Waals surface area (Å²) in [5.74, 6) is -1.61. The van der Waals surface area contributed by atoms with Crippen molar-refractivity contribution in [3.05, 3.63) is 0 Å². The van der Waals surface area contributed by atoms with Gasteiger partial charge in [0.15, 0.2) is 0 Å². The largest absolute Gasteiger partial charge is 0.548 e. The molecule has 2 aliphatic rings. The van der Waals surface area contributed by atoms with Crippen molar-refractivity contribution in [1.29, 1.82) is 0 Å². The molecule has 0 bridgehead atoms. The summed E-state index contributed by atoms with van der Waals surface area (Å²) in [7, 11) is -1.60. The van der Waals surface area contributed by atoms with E-state index in [1.54, 1.807) is 13.8 Å². The lowest BCUT2D eigenvalue weighted by Gasteiger charge is -2.45. The lowest BCUT2D eigenvalue weighted by Crippen LogP contribution is -2.71. The van der Waals surface area contributed by atoms with Crippen molar-refractivity contribution in [3.63, 3.8) is 0 Å². The molecule has 0 saturated carbocycles. The molecule has 136 valence electrons. The monoisotopic (exact) mass is 371 g/mol. The normalized spacial score (nSPS) is 28.3. The highest BCUT2D eigenvalue weighted by Crippen LogP contribution is 2.50. The van der Waals surface area contributed by atoms with E-state index < -0.39 is 30.9 Å². The Morgan fingerprint density at radius 3 is 2.25 bits per heavy atom. The van der Waals surface area contributed by atoms with Crippen LogP contribution in [0.15, 0.2) is 0 Å². The van der Waals surface area contributed by atoms with Crippen LogP contribution in [0.4, 0.5) is 0 Å². The van der Waals surface area contributed by atoms with Gasteiger partial charge in [-0.25, -0.2) is 0 Å². The molecular weight excluding hydrogens is 344 g/mol. The highest BCUT2D eigenvalue weighted by atomic mass is 32.2. The Labute approximate surface area is 148 Å². The van der Waals surface area contributed by atoms with E-state index in [9.17, 15) is 19.5 Å². The molecule has 3 unspecified atom stereocenters. The summed E-state index contributed by atoms with van der Waals surface area (Å²) in [4.78, 5) is 37.6. The molecule has 0 spiro atoms. The third-order valence-electron chi connectivity index (χ3n) is 5.77. The second kappa shape index (κ2) is 6.71. The number of hydrogen-bond donors (Lipinski definition) is 1. The average Bonchev–Trinajstić information content (AvgIpc) is 2.79. The maximum Gasteiger partial charge on any atom is 0.249 e. The van der Waals surface area contributed by atoms with E-state index >= 15 is 0 Å². The van der Waals surface area contributed by atoms with Gasteiger partial charge in [0.2, 0.25) is 11.8 Å². The number of rotatable bonds is 7. The Hall–Kier alpha value is -1.02. The number of β-lactam (4-membered cyclic amide) rings is 1. The SMILES string of the molecule is CC[Si](CC)(CC)CC(=O)NC1C(=O)N2C1SC(C)(C)C2C(=O)[O-]. The molecule has 2 rings (SSSR count). The number of carboxylic acids is 1. The standard InChI is InChI=1S/C16H28N2O4SSi/c1-6-24(7-2,8-3)9-10(19)17-11-13(20)18-12(15(21)22)16(4,5)23-14(11)18/h11-12,14H,6-9H2,1-5H3,(H,17,19)(H,21,22)/p-1. The first-order valence-electron chi connectivity index (χ1n) is 8.62. The van der Waals surface area contributed by atoms with Crippen LogP contribution in [0.1, 0.15) is 34.6 Å². The van der Waals surface area contributed by atoms with Gasteiger partial charge in [0.25, 0.3) is 0 Å². The molecule has 3 atom stereocenters. The maximum atomic E-state index is 12.5. The fourth-order valence-electron chi connectivity index (χ4n) is 3.82. The predicted molar refractivity (Wildman–Crippen MR) is 95.0 cm³/mol. The number of nitrogens with one attached hydrogen (secondary N) is 1. The summed E-state index contributed by atoms with van der Waals surface area (Å²) in [6.45, 7) is 10.0. The maximum absolute atomic E-state index is 12.5. The minimum absolute atomic E-state index is 0.0690.